The highest BCUT2D eigenvalue weighted by Crippen LogP contribution is 2.45. The molecule has 0 aliphatic rings. The molecule has 0 aromatic heterocycles. The first-order valence-corrected chi connectivity index (χ1v) is 47.0. The Kier molecular flexibility index (Phi) is 75.0. The van der Waals surface area contributed by atoms with Gasteiger partial charge in [-0.3, -0.25) is 37.3 Å². The molecule has 0 aliphatic carbocycles. The van der Waals surface area contributed by atoms with E-state index in [1.807, 2.05) is 0 Å². The minimum atomic E-state index is -4.96. The van der Waals surface area contributed by atoms with Gasteiger partial charge in [-0.1, -0.05) is 401 Å². The SMILES string of the molecule is CCCCCCCCCCCCCCCCCCCCCCC(=O)O[C@H](COC(=O)CCCCCCCCCCCCCCCCCC(C)C)COP(=O)(O)OC[C@@H](O)COP(=O)(O)OC[C@@H](COC(=O)CCCCCCCCCCCC)OC(=O)CCCCCCCCCCCCCCCC(C)C. The molecule has 5 atom stereocenters. The lowest BCUT2D eigenvalue weighted by Crippen LogP contribution is -2.30. The third-order valence-corrected chi connectivity index (χ3v) is 21.9. The van der Waals surface area contributed by atoms with Gasteiger partial charge in [-0.2, -0.15) is 0 Å². The number of hydrogen-bond acceptors (Lipinski definition) is 15. The number of phosphoric ester groups is 2. The Labute approximate surface area is 638 Å². The number of esters is 4. The fourth-order valence-electron chi connectivity index (χ4n) is 13.2. The van der Waals surface area contributed by atoms with Crippen molar-refractivity contribution in [2.24, 2.45) is 11.8 Å². The molecule has 0 saturated heterocycles. The number of carbonyl (C=O) groups is 4. The number of ether oxygens (including phenoxy) is 4. The second-order valence-electron chi connectivity index (χ2n) is 31.5. The average molecular weight is 1520 g/mol. The minimum absolute atomic E-state index is 0.108. The number of unbranched alkanes of at least 4 members (excludes halogenated alkanes) is 54. The van der Waals surface area contributed by atoms with Crippen molar-refractivity contribution >= 4 is 39.5 Å². The Bertz CT molecular complexity index is 1990. The Morgan fingerprint density at radius 3 is 0.654 bits per heavy atom. The Balaban J connectivity index is 5.23. The number of carbonyl (C=O) groups excluding carboxylic acids is 4. The van der Waals surface area contributed by atoms with Crippen LogP contribution in [0.15, 0.2) is 0 Å². The summed E-state index contributed by atoms with van der Waals surface area (Å²) < 4.78 is 68.9. The van der Waals surface area contributed by atoms with Crippen LogP contribution in [0.1, 0.15) is 452 Å². The lowest BCUT2D eigenvalue weighted by molar-refractivity contribution is -0.161. The van der Waals surface area contributed by atoms with Gasteiger partial charge in [-0.05, 0) is 37.5 Å². The molecule has 17 nitrogen and oxygen atoms in total. The van der Waals surface area contributed by atoms with E-state index in [4.69, 9.17) is 37.0 Å². The molecule has 0 aromatic rings. The first kappa shape index (κ1) is 102. The number of phosphoric acid groups is 2. The first-order valence-electron chi connectivity index (χ1n) is 44.0. The number of aliphatic hydroxyl groups excluding tert-OH is 1. The number of hydrogen-bond donors (Lipinski definition) is 3. The van der Waals surface area contributed by atoms with Crippen molar-refractivity contribution in [3.63, 3.8) is 0 Å². The fourth-order valence-corrected chi connectivity index (χ4v) is 14.8. The third kappa shape index (κ3) is 78.2. The zero-order valence-electron chi connectivity index (χ0n) is 68.3. The van der Waals surface area contributed by atoms with E-state index in [0.717, 1.165) is 102 Å². The van der Waals surface area contributed by atoms with Crippen LogP contribution >= 0.6 is 15.6 Å². The first-order chi connectivity index (χ1) is 50.4. The van der Waals surface area contributed by atoms with Gasteiger partial charge >= 0.3 is 39.5 Å². The van der Waals surface area contributed by atoms with E-state index >= 15 is 0 Å². The van der Waals surface area contributed by atoms with Crippen molar-refractivity contribution in [1.29, 1.82) is 0 Å². The molecule has 0 spiro atoms. The molecule has 0 heterocycles. The van der Waals surface area contributed by atoms with Crippen LogP contribution in [-0.4, -0.2) is 96.7 Å². The monoisotopic (exact) mass is 1520 g/mol. The molecule has 2 unspecified atom stereocenters. The van der Waals surface area contributed by atoms with Crippen molar-refractivity contribution in [2.45, 2.75) is 471 Å². The zero-order valence-corrected chi connectivity index (χ0v) is 70.1. The van der Waals surface area contributed by atoms with Gasteiger partial charge in [0.15, 0.2) is 12.2 Å². The fraction of sp³-hybridized carbons (Fsp3) is 0.953. The average Bonchev–Trinajstić information content (AvgIpc) is 0.906. The summed E-state index contributed by atoms with van der Waals surface area (Å²) in [6, 6.07) is 0. The van der Waals surface area contributed by atoms with Crippen LogP contribution in [-0.2, 0) is 65.4 Å². The van der Waals surface area contributed by atoms with Gasteiger partial charge in [0, 0.05) is 25.7 Å². The molecule has 0 amide bonds. The molecule has 104 heavy (non-hydrogen) atoms. The van der Waals surface area contributed by atoms with E-state index in [1.54, 1.807) is 0 Å². The predicted octanol–water partition coefficient (Wildman–Crippen LogP) is 25.8. The van der Waals surface area contributed by atoms with Crippen molar-refractivity contribution in [2.75, 3.05) is 39.6 Å². The molecule has 0 saturated carbocycles. The summed E-state index contributed by atoms with van der Waals surface area (Å²) in [4.78, 5) is 73.2. The largest absolute Gasteiger partial charge is 0.472 e. The maximum Gasteiger partial charge on any atom is 0.472 e. The molecule has 0 fully saturated rings. The molecule has 0 rings (SSSR count). The molecule has 0 radical (unpaired) electrons. The second-order valence-corrected chi connectivity index (χ2v) is 34.4. The molecular formula is C85H166O17P2. The van der Waals surface area contributed by atoms with E-state index in [9.17, 15) is 43.2 Å². The van der Waals surface area contributed by atoms with E-state index in [0.29, 0.717) is 25.7 Å². The lowest BCUT2D eigenvalue weighted by atomic mass is 10.0. The summed E-state index contributed by atoms with van der Waals surface area (Å²) in [5.41, 5.74) is 0. The molecule has 618 valence electrons. The van der Waals surface area contributed by atoms with E-state index < -0.39 is 97.5 Å². The smallest absolute Gasteiger partial charge is 0.462 e. The summed E-state index contributed by atoms with van der Waals surface area (Å²) >= 11 is 0. The van der Waals surface area contributed by atoms with Crippen molar-refractivity contribution in [1.82, 2.24) is 0 Å². The van der Waals surface area contributed by atoms with Gasteiger partial charge < -0.3 is 33.8 Å². The van der Waals surface area contributed by atoms with Crippen molar-refractivity contribution in [3.05, 3.63) is 0 Å². The van der Waals surface area contributed by atoms with E-state index in [1.165, 1.54) is 270 Å². The molecule has 0 aliphatic heterocycles. The van der Waals surface area contributed by atoms with Crippen LogP contribution < -0.4 is 0 Å². The maximum atomic E-state index is 13.1. The van der Waals surface area contributed by atoms with Gasteiger partial charge in [-0.25, -0.2) is 9.13 Å². The molecule has 19 heteroatoms. The van der Waals surface area contributed by atoms with Crippen LogP contribution in [0.25, 0.3) is 0 Å². The highest BCUT2D eigenvalue weighted by atomic mass is 31.2. The van der Waals surface area contributed by atoms with Crippen molar-refractivity contribution < 1.29 is 80.2 Å². The molecular weight excluding hydrogens is 1350 g/mol. The summed E-state index contributed by atoms with van der Waals surface area (Å²) in [5, 5.41) is 10.7. The van der Waals surface area contributed by atoms with Crippen LogP contribution in [0.2, 0.25) is 0 Å². The quantitative estimate of drug-likeness (QED) is 0.0222. The predicted molar refractivity (Wildman–Crippen MR) is 428 cm³/mol. The summed E-state index contributed by atoms with van der Waals surface area (Å²) in [5.74, 6) is -0.510. The van der Waals surface area contributed by atoms with Crippen LogP contribution in [0, 0.1) is 11.8 Å². The molecule has 0 aromatic carbocycles. The van der Waals surface area contributed by atoms with E-state index in [2.05, 4.69) is 41.5 Å². The molecule has 0 bridgehead atoms. The van der Waals surface area contributed by atoms with Gasteiger partial charge in [0.1, 0.15) is 19.3 Å². The van der Waals surface area contributed by atoms with Gasteiger partial charge in [0.05, 0.1) is 26.4 Å². The Morgan fingerprint density at radius 2 is 0.442 bits per heavy atom. The zero-order chi connectivity index (χ0) is 76.4. The van der Waals surface area contributed by atoms with Gasteiger partial charge in [-0.15, -0.1) is 0 Å². The van der Waals surface area contributed by atoms with E-state index in [-0.39, 0.29) is 25.7 Å². The van der Waals surface area contributed by atoms with Crippen LogP contribution in [0.3, 0.4) is 0 Å². The lowest BCUT2D eigenvalue weighted by Gasteiger charge is -2.21. The standard InChI is InChI=1S/C85H166O17P2/c1-7-9-11-13-15-17-19-20-21-22-23-24-25-28-34-39-45-51-57-63-69-84(89)102-81(74-96-83(88)68-62-56-50-44-38-33-29-26-27-31-36-41-47-53-59-65-77(3)4)76-100-104(93,94)98-72-79(86)71-97-103(91,92)99-75-80(73-95-82(87)67-61-55-49-43-18-16-14-12-10-8-2)101-85(90)70-64-58-52-46-40-35-30-32-37-42-48-54-60-66-78(5)6/h77-81,86H,7-76H2,1-6H3,(H,91,92)(H,93,94)/t79-,80+,81+/m0/s1. The summed E-state index contributed by atoms with van der Waals surface area (Å²) in [7, 11) is -9.92. The maximum absolute atomic E-state index is 13.1. The number of rotatable bonds is 84. The van der Waals surface area contributed by atoms with Crippen molar-refractivity contribution in [3.8, 4) is 0 Å². The van der Waals surface area contributed by atoms with Gasteiger partial charge in [0.2, 0.25) is 0 Å². The topological polar surface area (TPSA) is 237 Å². The third-order valence-electron chi connectivity index (χ3n) is 20.0. The summed E-state index contributed by atoms with van der Waals surface area (Å²) in [6.07, 6.45) is 68.0. The normalized spacial score (nSPS) is 13.8. The van der Waals surface area contributed by atoms with Crippen LogP contribution in [0.5, 0.6) is 0 Å². The highest BCUT2D eigenvalue weighted by Gasteiger charge is 2.30. The molecule has 3 N–H and O–H groups in total. The van der Waals surface area contributed by atoms with Crippen LogP contribution in [0.4, 0.5) is 0 Å². The summed E-state index contributed by atoms with van der Waals surface area (Å²) in [6.45, 7) is 9.70. The Hall–Kier alpha value is -1.94. The van der Waals surface area contributed by atoms with Gasteiger partial charge in [0.25, 0.3) is 0 Å². The highest BCUT2D eigenvalue weighted by molar-refractivity contribution is 7.47. The minimum Gasteiger partial charge on any atom is -0.462 e. The Morgan fingerprint density at radius 1 is 0.260 bits per heavy atom. The second kappa shape index (κ2) is 76.4. The number of aliphatic hydroxyl groups is 1.